The van der Waals surface area contributed by atoms with E-state index in [4.69, 9.17) is 15.3 Å². The lowest BCUT2D eigenvalue weighted by molar-refractivity contribution is -0.120. The Bertz CT molecular complexity index is 105. The van der Waals surface area contributed by atoms with E-state index in [1.807, 2.05) is 0 Å². The second kappa shape index (κ2) is 6.27. The number of carbonyl (C=O) groups is 1. The number of unbranched alkanes of at least 4 members (excludes halogenated alkanes) is 1. The van der Waals surface area contributed by atoms with Crippen molar-refractivity contribution < 1.29 is 20.1 Å². The second-order valence-electron chi connectivity index (χ2n) is 2.41. The van der Waals surface area contributed by atoms with E-state index < -0.39 is 12.2 Å². The first-order chi connectivity index (χ1) is 5.22. The van der Waals surface area contributed by atoms with E-state index in [0.717, 1.165) is 0 Å². The Morgan fingerprint density at radius 2 is 1.91 bits per heavy atom. The van der Waals surface area contributed by atoms with Crippen molar-refractivity contribution in [3.05, 3.63) is 0 Å². The number of aldehydes is 1. The SMILES string of the molecule is O=CC(O)C(O)CCCCO. The highest BCUT2D eigenvalue weighted by Gasteiger charge is 2.13. The van der Waals surface area contributed by atoms with Crippen LogP contribution < -0.4 is 0 Å². The molecule has 4 nitrogen and oxygen atoms in total. The zero-order valence-corrected chi connectivity index (χ0v) is 6.31. The van der Waals surface area contributed by atoms with Gasteiger partial charge in [-0.1, -0.05) is 0 Å². The molecule has 0 aliphatic heterocycles. The third-order valence-electron chi connectivity index (χ3n) is 1.44. The minimum Gasteiger partial charge on any atom is -0.396 e. The molecule has 0 fully saturated rings. The summed E-state index contributed by atoms with van der Waals surface area (Å²) in [7, 11) is 0. The Hall–Kier alpha value is -0.450. The summed E-state index contributed by atoms with van der Waals surface area (Å²) in [5.41, 5.74) is 0. The van der Waals surface area contributed by atoms with Crippen LogP contribution in [-0.4, -0.2) is 40.4 Å². The van der Waals surface area contributed by atoms with Crippen molar-refractivity contribution in [2.24, 2.45) is 0 Å². The van der Waals surface area contributed by atoms with Crippen LogP contribution in [0, 0.1) is 0 Å². The Morgan fingerprint density at radius 3 is 2.36 bits per heavy atom. The molecule has 0 aliphatic rings. The molecule has 0 aromatic carbocycles. The Balaban J connectivity index is 3.35. The van der Waals surface area contributed by atoms with E-state index in [-0.39, 0.29) is 6.61 Å². The summed E-state index contributed by atoms with van der Waals surface area (Å²) in [6, 6.07) is 0. The molecule has 0 aliphatic carbocycles. The van der Waals surface area contributed by atoms with Gasteiger partial charge in [-0.15, -0.1) is 0 Å². The molecule has 0 aromatic rings. The maximum absolute atomic E-state index is 9.92. The van der Waals surface area contributed by atoms with Crippen LogP contribution in [0.15, 0.2) is 0 Å². The maximum Gasteiger partial charge on any atom is 0.151 e. The summed E-state index contributed by atoms with van der Waals surface area (Å²) in [6.07, 6.45) is -0.414. The van der Waals surface area contributed by atoms with E-state index in [9.17, 15) is 4.79 Å². The van der Waals surface area contributed by atoms with Gasteiger partial charge in [0, 0.05) is 6.61 Å². The van der Waals surface area contributed by atoms with Crippen LogP contribution >= 0.6 is 0 Å². The van der Waals surface area contributed by atoms with E-state index in [2.05, 4.69) is 0 Å². The number of hydrogen-bond acceptors (Lipinski definition) is 4. The van der Waals surface area contributed by atoms with Gasteiger partial charge in [-0.05, 0) is 19.3 Å². The molecule has 0 spiro atoms. The molecule has 0 bridgehead atoms. The fraction of sp³-hybridized carbons (Fsp3) is 0.857. The molecular weight excluding hydrogens is 148 g/mol. The van der Waals surface area contributed by atoms with Crippen LogP contribution in [0.1, 0.15) is 19.3 Å². The number of aliphatic hydroxyl groups is 3. The van der Waals surface area contributed by atoms with Gasteiger partial charge in [0.05, 0.1) is 6.10 Å². The molecule has 4 heteroatoms. The molecule has 0 rings (SSSR count). The third kappa shape index (κ3) is 4.89. The molecule has 0 radical (unpaired) electrons. The van der Waals surface area contributed by atoms with Crippen LogP contribution in [-0.2, 0) is 4.79 Å². The van der Waals surface area contributed by atoms with Gasteiger partial charge in [-0.2, -0.15) is 0 Å². The van der Waals surface area contributed by atoms with Gasteiger partial charge in [0.25, 0.3) is 0 Å². The summed E-state index contributed by atoms with van der Waals surface area (Å²) >= 11 is 0. The van der Waals surface area contributed by atoms with E-state index in [1.54, 1.807) is 0 Å². The first kappa shape index (κ1) is 10.6. The zero-order valence-electron chi connectivity index (χ0n) is 6.31. The molecule has 2 atom stereocenters. The highest BCUT2D eigenvalue weighted by atomic mass is 16.3. The van der Waals surface area contributed by atoms with Crippen LogP contribution in [0.3, 0.4) is 0 Å². The van der Waals surface area contributed by atoms with Crippen molar-refractivity contribution in [1.29, 1.82) is 0 Å². The normalized spacial score (nSPS) is 15.9. The number of hydrogen-bond donors (Lipinski definition) is 3. The monoisotopic (exact) mass is 162 g/mol. The topological polar surface area (TPSA) is 77.8 Å². The Morgan fingerprint density at radius 1 is 1.27 bits per heavy atom. The summed E-state index contributed by atoms with van der Waals surface area (Å²) in [6.45, 7) is 0.0733. The van der Waals surface area contributed by atoms with E-state index in [0.29, 0.717) is 25.5 Å². The van der Waals surface area contributed by atoms with Gasteiger partial charge >= 0.3 is 0 Å². The molecule has 0 heterocycles. The first-order valence-corrected chi connectivity index (χ1v) is 3.64. The largest absolute Gasteiger partial charge is 0.396 e. The fourth-order valence-corrected chi connectivity index (χ4v) is 0.727. The van der Waals surface area contributed by atoms with Crippen LogP contribution in [0.25, 0.3) is 0 Å². The molecule has 3 N–H and O–H groups in total. The van der Waals surface area contributed by atoms with Gasteiger partial charge < -0.3 is 20.1 Å². The summed E-state index contributed by atoms with van der Waals surface area (Å²) in [5, 5.41) is 26.1. The summed E-state index contributed by atoms with van der Waals surface area (Å²) < 4.78 is 0. The van der Waals surface area contributed by atoms with Gasteiger partial charge in [0.15, 0.2) is 6.29 Å². The van der Waals surface area contributed by atoms with Crippen molar-refractivity contribution in [1.82, 2.24) is 0 Å². The Labute approximate surface area is 65.5 Å². The Kier molecular flexibility index (Phi) is 6.02. The predicted octanol–water partition coefficient (Wildman–Crippen LogP) is -0.930. The zero-order chi connectivity index (χ0) is 8.69. The second-order valence-corrected chi connectivity index (χ2v) is 2.41. The van der Waals surface area contributed by atoms with E-state index >= 15 is 0 Å². The molecule has 66 valence electrons. The third-order valence-corrected chi connectivity index (χ3v) is 1.44. The van der Waals surface area contributed by atoms with Crippen molar-refractivity contribution in [3.8, 4) is 0 Å². The molecule has 0 aromatic heterocycles. The summed E-state index contributed by atoms with van der Waals surface area (Å²) in [4.78, 5) is 9.92. The molecule has 0 saturated heterocycles. The lowest BCUT2D eigenvalue weighted by Gasteiger charge is -2.10. The number of carbonyl (C=O) groups excluding carboxylic acids is 1. The van der Waals surface area contributed by atoms with Crippen molar-refractivity contribution in [2.45, 2.75) is 31.5 Å². The highest BCUT2D eigenvalue weighted by Crippen LogP contribution is 2.02. The van der Waals surface area contributed by atoms with Gasteiger partial charge in [0.2, 0.25) is 0 Å². The van der Waals surface area contributed by atoms with Gasteiger partial charge in [0.1, 0.15) is 6.10 Å². The fourth-order valence-electron chi connectivity index (χ4n) is 0.727. The quantitative estimate of drug-likeness (QED) is 0.348. The highest BCUT2D eigenvalue weighted by molar-refractivity contribution is 5.56. The average molecular weight is 162 g/mol. The van der Waals surface area contributed by atoms with Crippen LogP contribution in [0.4, 0.5) is 0 Å². The van der Waals surface area contributed by atoms with Crippen LogP contribution in [0.5, 0.6) is 0 Å². The van der Waals surface area contributed by atoms with Crippen LogP contribution in [0.2, 0.25) is 0 Å². The minimum absolute atomic E-state index is 0.0733. The smallest absolute Gasteiger partial charge is 0.151 e. The van der Waals surface area contributed by atoms with Crippen molar-refractivity contribution >= 4 is 6.29 Å². The molecule has 11 heavy (non-hydrogen) atoms. The van der Waals surface area contributed by atoms with E-state index in [1.165, 1.54) is 0 Å². The standard InChI is InChI=1S/C7H14O4/c8-4-2-1-3-6(10)7(11)5-9/h5-8,10-11H,1-4H2. The predicted molar refractivity (Wildman–Crippen MR) is 39.0 cm³/mol. The number of aliphatic hydroxyl groups excluding tert-OH is 3. The van der Waals surface area contributed by atoms with Crippen molar-refractivity contribution in [3.63, 3.8) is 0 Å². The molecule has 0 saturated carbocycles. The molecule has 0 amide bonds. The summed E-state index contributed by atoms with van der Waals surface area (Å²) in [5.74, 6) is 0. The molecule has 2 unspecified atom stereocenters. The molecular formula is C7H14O4. The van der Waals surface area contributed by atoms with Crippen molar-refractivity contribution in [2.75, 3.05) is 6.61 Å². The number of rotatable bonds is 6. The van der Waals surface area contributed by atoms with Gasteiger partial charge in [-0.25, -0.2) is 0 Å². The lowest BCUT2D eigenvalue weighted by Crippen LogP contribution is -2.26. The maximum atomic E-state index is 9.92. The van der Waals surface area contributed by atoms with Gasteiger partial charge in [-0.3, -0.25) is 0 Å². The average Bonchev–Trinajstić information content (AvgIpc) is 2.03. The first-order valence-electron chi connectivity index (χ1n) is 3.64. The minimum atomic E-state index is -1.28. The lowest BCUT2D eigenvalue weighted by atomic mass is 10.1.